The highest BCUT2D eigenvalue weighted by atomic mass is 16.5. The summed E-state index contributed by atoms with van der Waals surface area (Å²) in [5.41, 5.74) is 0.627. The lowest BCUT2D eigenvalue weighted by molar-refractivity contribution is 0.0642. The quantitative estimate of drug-likeness (QED) is 0.736. The molecule has 0 aromatic carbocycles. The van der Waals surface area contributed by atoms with Crippen LogP contribution in [0.2, 0.25) is 0 Å². The smallest absolute Gasteiger partial charge is 0.204 e. The van der Waals surface area contributed by atoms with Crippen LogP contribution < -0.4 is 5.32 Å². The summed E-state index contributed by atoms with van der Waals surface area (Å²) in [6, 6.07) is 3.59. The summed E-state index contributed by atoms with van der Waals surface area (Å²) in [6.45, 7) is 2.98. The predicted octanol–water partition coefficient (Wildman–Crippen LogP) is 1.21. The molecule has 1 aromatic heterocycles. The first-order valence-electron chi connectivity index (χ1n) is 5.81. The van der Waals surface area contributed by atoms with Crippen LogP contribution in [0.25, 0.3) is 0 Å². The van der Waals surface area contributed by atoms with Gasteiger partial charge < -0.3 is 15.0 Å². The number of hydrogen-bond acceptors (Lipinski definition) is 3. The molecule has 0 saturated carbocycles. The fourth-order valence-electron chi connectivity index (χ4n) is 1.97. The Labute approximate surface area is 95.4 Å². The van der Waals surface area contributed by atoms with Gasteiger partial charge in [-0.25, -0.2) is 0 Å². The lowest BCUT2D eigenvalue weighted by atomic mass is 10.0. The van der Waals surface area contributed by atoms with Crippen LogP contribution in [0, 0.1) is 5.92 Å². The zero-order valence-corrected chi connectivity index (χ0v) is 9.37. The van der Waals surface area contributed by atoms with Crippen LogP contribution >= 0.6 is 0 Å². The van der Waals surface area contributed by atoms with Crippen molar-refractivity contribution in [3.8, 4) is 0 Å². The molecule has 4 heteroatoms. The topological polar surface area (TPSA) is 54.1 Å². The molecule has 1 aliphatic heterocycles. The maximum Gasteiger partial charge on any atom is 0.204 e. The van der Waals surface area contributed by atoms with Gasteiger partial charge in [-0.15, -0.1) is 0 Å². The molecule has 2 N–H and O–H groups in total. The first-order valence-corrected chi connectivity index (χ1v) is 5.81. The number of hydrogen-bond donors (Lipinski definition) is 2. The number of ether oxygens (including phenoxy) is 1. The van der Waals surface area contributed by atoms with Crippen LogP contribution in [0.4, 0.5) is 0 Å². The summed E-state index contributed by atoms with van der Waals surface area (Å²) in [7, 11) is 0. The average molecular weight is 222 g/mol. The summed E-state index contributed by atoms with van der Waals surface area (Å²) in [5.74, 6) is 0.582. The molecule has 1 unspecified atom stereocenters. The summed E-state index contributed by atoms with van der Waals surface area (Å²) in [5, 5.41) is 3.33. The summed E-state index contributed by atoms with van der Waals surface area (Å²) >= 11 is 0. The molecule has 0 spiro atoms. The Morgan fingerprint density at radius 2 is 2.50 bits per heavy atom. The molecule has 0 radical (unpaired) electrons. The molecular weight excluding hydrogens is 204 g/mol. The number of piperidine rings is 1. The van der Waals surface area contributed by atoms with Crippen molar-refractivity contribution in [1.82, 2.24) is 10.3 Å². The molecule has 2 heterocycles. The van der Waals surface area contributed by atoms with Gasteiger partial charge in [-0.1, -0.05) is 0 Å². The first kappa shape index (κ1) is 11.4. The van der Waals surface area contributed by atoms with E-state index in [4.69, 9.17) is 4.74 Å². The molecule has 1 aromatic rings. The van der Waals surface area contributed by atoms with Gasteiger partial charge in [0.05, 0.1) is 12.3 Å². The normalized spacial score (nSPS) is 20.9. The SMILES string of the molecule is O=C(COCC1CCCNC1)c1ccc[nH]1. The molecule has 88 valence electrons. The second-order valence-corrected chi connectivity index (χ2v) is 4.23. The predicted molar refractivity (Wildman–Crippen MR) is 61.5 cm³/mol. The van der Waals surface area contributed by atoms with E-state index < -0.39 is 0 Å². The van der Waals surface area contributed by atoms with Crippen LogP contribution in [0.3, 0.4) is 0 Å². The van der Waals surface area contributed by atoms with Gasteiger partial charge in [0.2, 0.25) is 5.78 Å². The zero-order chi connectivity index (χ0) is 11.2. The van der Waals surface area contributed by atoms with Crippen molar-refractivity contribution in [2.45, 2.75) is 12.8 Å². The van der Waals surface area contributed by atoms with Gasteiger partial charge in [0.1, 0.15) is 6.61 Å². The second-order valence-electron chi connectivity index (χ2n) is 4.23. The Morgan fingerprint density at radius 3 is 3.19 bits per heavy atom. The van der Waals surface area contributed by atoms with Crippen molar-refractivity contribution >= 4 is 5.78 Å². The molecule has 1 fully saturated rings. The summed E-state index contributed by atoms with van der Waals surface area (Å²) in [4.78, 5) is 14.5. The maximum atomic E-state index is 11.6. The third kappa shape index (κ3) is 3.18. The number of H-pyrrole nitrogens is 1. The minimum Gasteiger partial charge on any atom is -0.373 e. The van der Waals surface area contributed by atoms with E-state index in [1.165, 1.54) is 12.8 Å². The zero-order valence-electron chi connectivity index (χ0n) is 9.37. The summed E-state index contributed by atoms with van der Waals surface area (Å²) < 4.78 is 5.45. The minimum atomic E-state index is 0.0220. The third-order valence-corrected chi connectivity index (χ3v) is 2.88. The molecule has 1 atom stereocenters. The van der Waals surface area contributed by atoms with Crippen LogP contribution in [0.1, 0.15) is 23.3 Å². The van der Waals surface area contributed by atoms with Crippen molar-refractivity contribution in [2.24, 2.45) is 5.92 Å². The van der Waals surface area contributed by atoms with Gasteiger partial charge in [0.15, 0.2) is 0 Å². The number of carbonyl (C=O) groups excluding carboxylic acids is 1. The van der Waals surface area contributed by atoms with Gasteiger partial charge in [-0.2, -0.15) is 0 Å². The van der Waals surface area contributed by atoms with E-state index in [0.717, 1.165) is 13.1 Å². The van der Waals surface area contributed by atoms with E-state index in [0.29, 0.717) is 18.2 Å². The molecule has 0 bridgehead atoms. The molecule has 1 saturated heterocycles. The van der Waals surface area contributed by atoms with Crippen molar-refractivity contribution in [1.29, 1.82) is 0 Å². The molecule has 0 amide bonds. The van der Waals surface area contributed by atoms with E-state index in [1.807, 2.05) is 6.07 Å². The van der Waals surface area contributed by atoms with Gasteiger partial charge in [-0.05, 0) is 37.4 Å². The minimum absolute atomic E-state index is 0.0220. The fourth-order valence-corrected chi connectivity index (χ4v) is 1.97. The van der Waals surface area contributed by atoms with Crippen molar-refractivity contribution in [3.63, 3.8) is 0 Å². The molecular formula is C12H18N2O2. The molecule has 2 rings (SSSR count). The van der Waals surface area contributed by atoms with E-state index >= 15 is 0 Å². The molecule has 16 heavy (non-hydrogen) atoms. The van der Waals surface area contributed by atoms with Crippen LogP contribution in [-0.2, 0) is 4.74 Å². The second kappa shape index (κ2) is 5.82. The van der Waals surface area contributed by atoms with E-state index in [2.05, 4.69) is 10.3 Å². The number of Topliss-reactive ketones (excluding diaryl/α,β-unsaturated/α-hetero) is 1. The highest BCUT2D eigenvalue weighted by molar-refractivity contribution is 5.95. The Hall–Kier alpha value is -1.13. The molecule has 0 aliphatic carbocycles. The number of aromatic nitrogens is 1. The molecule has 1 aliphatic rings. The van der Waals surface area contributed by atoms with Crippen LogP contribution in [0.5, 0.6) is 0 Å². The fraction of sp³-hybridized carbons (Fsp3) is 0.583. The van der Waals surface area contributed by atoms with Gasteiger partial charge >= 0.3 is 0 Å². The van der Waals surface area contributed by atoms with Crippen molar-refractivity contribution in [2.75, 3.05) is 26.3 Å². The van der Waals surface area contributed by atoms with Crippen LogP contribution in [0.15, 0.2) is 18.3 Å². The lowest BCUT2D eigenvalue weighted by Gasteiger charge is -2.22. The lowest BCUT2D eigenvalue weighted by Crippen LogP contribution is -2.32. The highest BCUT2D eigenvalue weighted by Gasteiger charge is 2.14. The van der Waals surface area contributed by atoms with E-state index in [1.54, 1.807) is 12.3 Å². The van der Waals surface area contributed by atoms with Gasteiger partial charge in [0.25, 0.3) is 0 Å². The number of rotatable bonds is 5. The Kier molecular flexibility index (Phi) is 4.13. The van der Waals surface area contributed by atoms with Crippen LogP contribution in [-0.4, -0.2) is 37.1 Å². The first-order chi connectivity index (χ1) is 7.86. The maximum absolute atomic E-state index is 11.6. The Balaban J connectivity index is 1.66. The highest BCUT2D eigenvalue weighted by Crippen LogP contribution is 2.10. The number of carbonyl (C=O) groups is 1. The standard InChI is InChI=1S/C12H18N2O2/c15-12(11-4-2-6-14-11)9-16-8-10-3-1-5-13-7-10/h2,4,6,10,13-14H,1,3,5,7-9H2. The Bertz CT molecular complexity index is 316. The average Bonchev–Trinajstić information content (AvgIpc) is 2.84. The van der Waals surface area contributed by atoms with Crippen molar-refractivity contribution in [3.05, 3.63) is 24.0 Å². The number of aromatic amines is 1. The largest absolute Gasteiger partial charge is 0.373 e. The van der Waals surface area contributed by atoms with E-state index in [-0.39, 0.29) is 12.4 Å². The Morgan fingerprint density at radius 1 is 1.56 bits per heavy atom. The number of nitrogens with one attached hydrogen (secondary N) is 2. The monoisotopic (exact) mass is 222 g/mol. The van der Waals surface area contributed by atoms with E-state index in [9.17, 15) is 4.79 Å². The number of ketones is 1. The third-order valence-electron chi connectivity index (χ3n) is 2.88. The van der Waals surface area contributed by atoms with Gasteiger partial charge in [-0.3, -0.25) is 4.79 Å². The molecule has 4 nitrogen and oxygen atoms in total. The van der Waals surface area contributed by atoms with Crippen molar-refractivity contribution < 1.29 is 9.53 Å². The van der Waals surface area contributed by atoms with Gasteiger partial charge in [0, 0.05) is 12.7 Å². The summed E-state index contributed by atoms with van der Waals surface area (Å²) in [6.07, 6.45) is 4.15.